The molecule has 106 valence electrons. The molecule has 0 bridgehead atoms. The van der Waals surface area contributed by atoms with Crippen LogP contribution < -0.4 is 10.0 Å². The Balaban J connectivity index is 2.14. The lowest BCUT2D eigenvalue weighted by atomic mass is 10.3. The Bertz CT molecular complexity index is 667. The summed E-state index contributed by atoms with van der Waals surface area (Å²) in [4.78, 5) is 17.3. The molecule has 2 rings (SSSR count). The molecule has 7 nitrogen and oxygen atoms in total. The van der Waals surface area contributed by atoms with Gasteiger partial charge in [-0.05, 0) is 31.3 Å². The van der Waals surface area contributed by atoms with Gasteiger partial charge in [0.05, 0.1) is 4.90 Å². The molecule has 0 aromatic heterocycles. The van der Waals surface area contributed by atoms with E-state index < -0.39 is 10.0 Å². The summed E-state index contributed by atoms with van der Waals surface area (Å²) in [6.07, 6.45) is 4.84. The van der Waals surface area contributed by atoms with Crippen molar-refractivity contribution in [3.63, 3.8) is 0 Å². The molecule has 8 heteroatoms. The predicted octanol–water partition coefficient (Wildman–Crippen LogP) is 0.984. The topological polar surface area (TPSA) is 90.9 Å². The first-order valence-electron chi connectivity index (χ1n) is 5.81. The van der Waals surface area contributed by atoms with Crippen LogP contribution in [0.5, 0.6) is 0 Å². The van der Waals surface area contributed by atoms with E-state index in [0.29, 0.717) is 5.69 Å². The van der Waals surface area contributed by atoms with Crippen LogP contribution >= 0.6 is 0 Å². The predicted molar refractivity (Wildman–Crippen MR) is 76.0 cm³/mol. The molecule has 2 amide bonds. The molecule has 20 heavy (non-hydrogen) atoms. The average molecular weight is 294 g/mol. The highest BCUT2D eigenvalue weighted by molar-refractivity contribution is 7.89. The van der Waals surface area contributed by atoms with Crippen molar-refractivity contribution in [2.24, 2.45) is 4.99 Å². The number of benzene rings is 1. The molecule has 0 aliphatic carbocycles. The zero-order valence-corrected chi connectivity index (χ0v) is 11.6. The molecular formula is C12H14N4O3S. The van der Waals surface area contributed by atoms with Crippen molar-refractivity contribution in [2.45, 2.75) is 4.90 Å². The maximum atomic E-state index is 11.9. The molecule has 0 atom stereocenters. The quantitative estimate of drug-likeness (QED) is 0.870. The van der Waals surface area contributed by atoms with Gasteiger partial charge in [-0.25, -0.2) is 17.9 Å². The summed E-state index contributed by atoms with van der Waals surface area (Å²) in [7, 11) is -2.20. The fraction of sp³-hybridized carbons (Fsp3) is 0.167. The summed E-state index contributed by atoms with van der Waals surface area (Å²) >= 11 is 0. The van der Waals surface area contributed by atoms with Crippen molar-refractivity contribution < 1.29 is 13.2 Å². The number of rotatable bonds is 3. The molecule has 1 aliphatic rings. The molecule has 0 fully saturated rings. The van der Waals surface area contributed by atoms with Crippen molar-refractivity contribution >= 4 is 28.0 Å². The third-order valence-corrected chi connectivity index (χ3v) is 4.03. The lowest BCUT2D eigenvalue weighted by molar-refractivity contribution is 0.229. The number of hydrogen-bond acceptors (Lipinski definition) is 4. The second-order valence-electron chi connectivity index (χ2n) is 3.95. The van der Waals surface area contributed by atoms with Gasteiger partial charge in [0.25, 0.3) is 0 Å². The maximum absolute atomic E-state index is 11.9. The van der Waals surface area contributed by atoms with E-state index in [0.717, 1.165) is 0 Å². The highest BCUT2D eigenvalue weighted by atomic mass is 32.2. The van der Waals surface area contributed by atoms with Gasteiger partial charge in [0.2, 0.25) is 10.0 Å². The Hall–Kier alpha value is -2.19. The van der Waals surface area contributed by atoms with E-state index in [4.69, 9.17) is 0 Å². The number of nitrogens with zero attached hydrogens (tertiary/aromatic N) is 2. The van der Waals surface area contributed by atoms with E-state index in [2.05, 4.69) is 15.0 Å². The first-order valence-corrected chi connectivity index (χ1v) is 7.29. The fourth-order valence-electron chi connectivity index (χ4n) is 1.57. The van der Waals surface area contributed by atoms with E-state index in [1.54, 1.807) is 30.6 Å². The number of hydrogen-bond donors (Lipinski definition) is 2. The van der Waals surface area contributed by atoms with Crippen LogP contribution in [0.2, 0.25) is 0 Å². The fourth-order valence-corrected chi connectivity index (χ4v) is 2.35. The summed E-state index contributed by atoms with van der Waals surface area (Å²) < 4.78 is 25.6. The van der Waals surface area contributed by atoms with Gasteiger partial charge in [0.15, 0.2) is 0 Å². The van der Waals surface area contributed by atoms with Crippen molar-refractivity contribution in [1.29, 1.82) is 0 Å². The van der Waals surface area contributed by atoms with Crippen LogP contribution in [0.25, 0.3) is 0 Å². The van der Waals surface area contributed by atoms with Crippen molar-refractivity contribution in [3.8, 4) is 0 Å². The van der Waals surface area contributed by atoms with Crippen LogP contribution in [0.4, 0.5) is 10.5 Å². The normalized spacial score (nSPS) is 14.3. The summed E-state index contributed by atoms with van der Waals surface area (Å²) in [5, 5.41) is 2.62. The molecule has 0 unspecified atom stereocenters. The molecule has 1 aromatic rings. The zero-order chi connectivity index (χ0) is 14.6. The van der Waals surface area contributed by atoms with Gasteiger partial charge in [0.1, 0.15) is 6.67 Å². The standard InChI is InChI=1S/C12H14N4O3S/c1-13-20(18,19)11-5-2-4-10(8-11)15-12(17)16-7-3-6-14-9-16/h2-8,13H,9H2,1H3,(H,15,17). The number of sulfonamides is 1. The van der Waals surface area contributed by atoms with Gasteiger partial charge >= 0.3 is 6.03 Å². The minimum Gasteiger partial charge on any atom is -0.307 e. The first-order chi connectivity index (χ1) is 9.53. The molecule has 0 spiro atoms. The second-order valence-corrected chi connectivity index (χ2v) is 5.84. The Kier molecular flexibility index (Phi) is 4.16. The van der Waals surface area contributed by atoms with Gasteiger partial charge in [-0.1, -0.05) is 6.07 Å². The zero-order valence-electron chi connectivity index (χ0n) is 10.8. The molecular weight excluding hydrogens is 280 g/mol. The summed E-state index contributed by atoms with van der Waals surface area (Å²) in [5.41, 5.74) is 0.397. The Labute approximate surface area is 117 Å². The Morgan fingerprint density at radius 1 is 1.40 bits per heavy atom. The first kappa shape index (κ1) is 14.2. The van der Waals surface area contributed by atoms with E-state index in [1.807, 2.05) is 0 Å². The number of anilines is 1. The van der Waals surface area contributed by atoms with Gasteiger partial charge in [-0.15, -0.1) is 0 Å². The van der Waals surface area contributed by atoms with E-state index in [1.165, 1.54) is 24.1 Å². The molecule has 0 saturated heterocycles. The number of carbonyl (C=O) groups excluding carboxylic acids is 1. The van der Waals surface area contributed by atoms with Gasteiger partial charge in [-0.2, -0.15) is 0 Å². The number of carbonyl (C=O) groups is 1. The smallest absolute Gasteiger partial charge is 0.307 e. The molecule has 0 radical (unpaired) electrons. The van der Waals surface area contributed by atoms with Crippen LogP contribution in [-0.4, -0.2) is 39.3 Å². The van der Waals surface area contributed by atoms with Gasteiger partial charge in [-0.3, -0.25) is 9.89 Å². The van der Waals surface area contributed by atoms with Crippen LogP contribution in [-0.2, 0) is 10.0 Å². The monoisotopic (exact) mass is 294 g/mol. The van der Waals surface area contributed by atoms with Gasteiger partial charge in [0, 0.05) is 18.1 Å². The minimum atomic E-state index is -3.53. The van der Waals surface area contributed by atoms with Crippen molar-refractivity contribution in [2.75, 3.05) is 19.0 Å². The number of urea groups is 1. The van der Waals surface area contributed by atoms with Crippen molar-refractivity contribution in [3.05, 3.63) is 36.5 Å². The second kappa shape index (κ2) is 5.85. The molecule has 1 aromatic carbocycles. The molecule has 0 saturated carbocycles. The summed E-state index contributed by atoms with van der Waals surface area (Å²) in [6.45, 7) is 0.233. The van der Waals surface area contributed by atoms with Crippen LogP contribution in [0.3, 0.4) is 0 Å². The van der Waals surface area contributed by atoms with Crippen LogP contribution in [0.1, 0.15) is 0 Å². The third-order valence-electron chi connectivity index (χ3n) is 2.62. The van der Waals surface area contributed by atoms with E-state index in [9.17, 15) is 13.2 Å². The number of nitrogens with one attached hydrogen (secondary N) is 2. The lowest BCUT2D eigenvalue weighted by Crippen LogP contribution is -2.31. The number of aliphatic imine (C=N–C) groups is 1. The van der Waals surface area contributed by atoms with Gasteiger partial charge < -0.3 is 5.32 Å². The highest BCUT2D eigenvalue weighted by Crippen LogP contribution is 2.15. The number of amides is 2. The average Bonchev–Trinajstić information content (AvgIpc) is 2.48. The number of allylic oxidation sites excluding steroid dienone is 1. The van der Waals surface area contributed by atoms with E-state index in [-0.39, 0.29) is 17.6 Å². The summed E-state index contributed by atoms with van der Waals surface area (Å²) in [6, 6.07) is 5.64. The van der Waals surface area contributed by atoms with Crippen LogP contribution in [0.15, 0.2) is 46.4 Å². The summed E-state index contributed by atoms with van der Waals surface area (Å²) in [5.74, 6) is 0. The van der Waals surface area contributed by atoms with Crippen molar-refractivity contribution in [1.82, 2.24) is 9.62 Å². The largest absolute Gasteiger partial charge is 0.327 e. The Morgan fingerprint density at radius 2 is 2.20 bits per heavy atom. The third kappa shape index (κ3) is 3.22. The van der Waals surface area contributed by atoms with E-state index >= 15 is 0 Å². The maximum Gasteiger partial charge on any atom is 0.327 e. The lowest BCUT2D eigenvalue weighted by Gasteiger charge is -2.18. The minimum absolute atomic E-state index is 0.0880. The molecule has 2 N–H and O–H groups in total. The molecule has 1 heterocycles. The molecule has 1 aliphatic heterocycles. The van der Waals surface area contributed by atoms with Crippen LogP contribution in [0, 0.1) is 0 Å². The Morgan fingerprint density at radius 3 is 2.85 bits per heavy atom. The SMILES string of the molecule is CNS(=O)(=O)c1cccc(NC(=O)N2C=CC=NC2)c1. The highest BCUT2D eigenvalue weighted by Gasteiger charge is 2.14.